The minimum Gasteiger partial charge on any atom is -0.356 e. The van der Waals surface area contributed by atoms with E-state index in [2.05, 4.69) is 39.8 Å². The molecular formula is C22H25N3O2. The van der Waals surface area contributed by atoms with Gasteiger partial charge in [0.25, 0.3) is 0 Å². The average molecular weight is 363 g/mol. The van der Waals surface area contributed by atoms with Gasteiger partial charge in [-0.2, -0.15) is 0 Å². The van der Waals surface area contributed by atoms with Gasteiger partial charge in [-0.3, -0.25) is 14.5 Å². The topological polar surface area (TPSA) is 61.4 Å². The summed E-state index contributed by atoms with van der Waals surface area (Å²) in [6.45, 7) is 3.66. The number of benzene rings is 2. The normalized spacial score (nSPS) is 19.0. The molecule has 1 atom stereocenters. The number of nitrogens with zero attached hydrogens (tertiary/aromatic N) is 1. The van der Waals surface area contributed by atoms with Gasteiger partial charge in [-0.1, -0.05) is 42.5 Å². The fraction of sp³-hybridized carbons (Fsp3) is 0.364. The van der Waals surface area contributed by atoms with Crippen LogP contribution < -0.4 is 10.6 Å². The Balaban J connectivity index is 1.27. The molecule has 0 radical (unpaired) electrons. The van der Waals surface area contributed by atoms with Crippen LogP contribution in [0.2, 0.25) is 0 Å². The molecule has 27 heavy (non-hydrogen) atoms. The summed E-state index contributed by atoms with van der Waals surface area (Å²) in [6.07, 6.45) is 2.22. The van der Waals surface area contributed by atoms with Crippen molar-refractivity contribution in [3.63, 3.8) is 0 Å². The lowest BCUT2D eigenvalue weighted by Gasteiger charge is -2.29. The molecule has 0 spiro atoms. The third-order valence-electron chi connectivity index (χ3n) is 5.48. The van der Waals surface area contributed by atoms with Crippen LogP contribution in [0.3, 0.4) is 0 Å². The summed E-state index contributed by atoms with van der Waals surface area (Å²) in [7, 11) is 0. The van der Waals surface area contributed by atoms with E-state index < -0.39 is 5.92 Å². The van der Waals surface area contributed by atoms with Crippen molar-refractivity contribution < 1.29 is 9.59 Å². The van der Waals surface area contributed by atoms with Gasteiger partial charge in [0, 0.05) is 38.3 Å². The summed E-state index contributed by atoms with van der Waals surface area (Å²) in [6, 6.07) is 16.2. The summed E-state index contributed by atoms with van der Waals surface area (Å²) in [5.74, 6) is -0.543. The molecule has 2 N–H and O–H groups in total. The molecular weight excluding hydrogens is 338 g/mol. The average Bonchev–Trinajstić information content (AvgIpc) is 2.70. The predicted molar refractivity (Wildman–Crippen MR) is 105 cm³/mol. The zero-order valence-corrected chi connectivity index (χ0v) is 15.4. The van der Waals surface area contributed by atoms with E-state index >= 15 is 0 Å². The van der Waals surface area contributed by atoms with Crippen LogP contribution in [-0.4, -0.2) is 36.3 Å². The van der Waals surface area contributed by atoms with Crippen LogP contribution in [0.5, 0.6) is 0 Å². The SMILES string of the molecule is O=C1CC(C(=O)NCCCN2CCc3ccccc3C2)c2ccccc2N1. The van der Waals surface area contributed by atoms with Crippen molar-refractivity contribution in [2.45, 2.75) is 31.7 Å². The third-order valence-corrected chi connectivity index (χ3v) is 5.48. The highest BCUT2D eigenvalue weighted by Crippen LogP contribution is 2.31. The van der Waals surface area contributed by atoms with Crippen LogP contribution in [0.1, 0.15) is 35.4 Å². The van der Waals surface area contributed by atoms with E-state index in [9.17, 15) is 9.59 Å². The summed E-state index contributed by atoms with van der Waals surface area (Å²) in [5, 5.41) is 5.86. The first-order chi connectivity index (χ1) is 13.2. The summed E-state index contributed by atoms with van der Waals surface area (Å²) < 4.78 is 0. The molecule has 2 amide bonds. The van der Waals surface area contributed by atoms with Crippen LogP contribution in [-0.2, 0) is 22.6 Å². The van der Waals surface area contributed by atoms with E-state index in [1.807, 2.05) is 24.3 Å². The Kier molecular flexibility index (Phi) is 5.21. The molecule has 2 heterocycles. The van der Waals surface area contributed by atoms with Gasteiger partial charge < -0.3 is 10.6 Å². The molecule has 2 aromatic rings. The Morgan fingerprint density at radius 3 is 2.78 bits per heavy atom. The molecule has 0 aromatic heterocycles. The van der Waals surface area contributed by atoms with Crippen LogP contribution in [0, 0.1) is 0 Å². The Labute approximate surface area is 159 Å². The quantitative estimate of drug-likeness (QED) is 0.803. The van der Waals surface area contributed by atoms with Crippen LogP contribution >= 0.6 is 0 Å². The maximum Gasteiger partial charge on any atom is 0.228 e. The number of hydrogen-bond donors (Lipinski definition) is 2. The van der Waals surface area contributed by atoms with Gasteiger partial charge in [-0.15, -0.1) is 0 Å². The maximum atomic E-state index is 12.6. The number of hydrogen-bond acceptors (Lipinski definition) is 3. The smallest absolute Gasteiger partial charge is 0.228 e. The Morgan fingerprint density at radius 1 is 1.11 bits per heavy atom. The van der Waals surface area contributed by atoms with Crippen LogP contribution in [0.25, 0.3) is 0 Å². The van der Waals surface area contributed by atoms with Gasteiger partial charge in [0.05, 0.1) is 5.92 Å². The second-order valence-electron chi connectivity index (χ2n) is 7.33. The van der Waals surface area contributed by atoms with Crippen molar-refractivity contribution >= 4 is 17.5 Å². The monoisotopic (exact) mass is 363 g/mol. The second kappa shape index (κ2) is 7.92. The maximum absolute atomic E-state index is 12.6. The fourth-order valence-corrected chi connectivity index (χ4v) is 4.03. The number of carbonyl (C=O) groups excluding carboxylic acids is 2. The number of fused-ring (bicyclic) bond motifs is 2. The number of nitrogens with one attached hydrogen (secondary N) is 2. The number of carbonyl (C=O) groups is 2. The number of rotatable bonds is 5. The Hall–Kier alpha value is -2.66. The van der Waals surface area contributed by atoms with Crippen LogP contribution in [0.15, 0.2) is 48.5 Å². The standard InChI is InChI=1S/C22H25N3O2/c26-21-14-19(18-8-3-4-9-20(18)24-21)22(27)23-11-5-12-25-13-10-16-6-1-2-7-17(16)15-25/h1-4,6-9,19H,5,10-15H2,(H,23,27)(H,24,26). The summed E-state index contributed by atoms with van der Waals surface area (Å²) >= 11 is 0. The zero-order valence-electron chi connectivity index (χ0n) is 15.4. The number of anilines is 1. The largest absolute Gasteiger partial charge is 0.356 e. The Morgan fingerprint density at radius 2 is 1.89 bits per heavy atom. The molecule has 4 rings (SSSR count). The molecule has 0 bridgehead atoms. The molecule has 1 unspecified atom stereocenters. The van der Waals surface area contributed by atoms with Crippen molar-refractivity contribution in [3.8, 4) is 0 Å². The second-order valence-corrected chi connectivity index (χ2v) is 7.33. The fourth-order valence-electron chi connectivity index (χ4n) is 4.03. The summed E-state index contributed by atoms with van der Waals surface area (Å²) in [4.78, 5) is 26.9. The molecule has 0 saturated carbocycles. The summed E-state index contributed by atoms with van der Waals surface area (Å²) in [5.41, 5.74) is 4.53. The highest BCUT2D eigenvalue weighted by Gasteiger charge is 2.30. The van der Waals surface area contributed by atoms with Crippen molar-refractivity contribution in [3.05, 3.63) is 65.2 Å². The first kappa shape index (κ1) is 17.7. The predicted octanol–water partition coefficient (Wildman–Crippen LogP) is 2.68. The highest BCUT2D eigenvalue weighted by atomic mass is 16.2. The molecule has 0 aliphatic carbocycles. The van der Waals surface area contributed by atoms with Crippen LogP contribution in [0.4, 0.5) is 5.69 Å². The molecule has 2 aromatic carbocycles. The van der Waals surface area contributed by atoms with Gasteiger partial charge in [0.15, 0.2) is 0 Å². The van der Waals surface area contributed by atoms with Crippen molar-refractivity contribution in [2.75, 3.05) is 25.0 Å². The highest BCUT2D eigenvalue weighted by molar-refractivity contribution is 6.01. The molecule has 0 saturated heterocycles. The van der Waals surface area contributed by atoms with E-state index in [1.54, 1.807) is 0 Å². The van der Waals surface area contributed by atoms with Gasteiger partial charge in [-0.25, -0.2) is 0 Å². The van der Waals surface area contributed by atoms with Crippen molar-refractivity contribution in [1.29, 1.82) is 0 Å². The van der Waals surface area contributed by atoms with Gasteiger partial charge >= 0.3 is 0 Å². The molecule has 0 fully saturated rings. The molecule has 2 aliphatic rings. The lowest BCUT2D eigenvalue weighted by atomic mass is 9.90. The van der Waals surface area contributed by atoms with E-state index in [4.69, 9.17) is 0 Å². The van der Waals surface area contributed by atoms with E-state index in [-0.39, 0.29) is 18.2 Å². The Bertz CT molecular complexity index is 849. The molecule has 5 heteroatoms. The number of amides is 2. The minimum atomic E-state index is -0.392. The van der Waals surface area contributed by atoms with E-state index in [0.717, 1.165) is 43.7 Å². The minimum absolute atomic E-state index is 0.0544. The van der Waals surface area contributed by atoms with E-state index in [1.165, 1.54) is 11.1 Å². The lowest BCUT2D eigenvalue weighted by molar-refractivity contribution is -0.126. The molecule has 5 nitrogen and oxygen atoms in total. The zero-order chi connectivity index (χ0) is 18.6. The van der Waals surface area contributed by atoms with Gasteiger partial charge in [-0.05, 0) is 35.6 Å². The molecule has 140 valence electrons. The van der Waals surface area contributed by atoms with Crippen molar-refractivity contribution in [2.24, 2.45) is 0 Å². The third kappa shape index (κ3) is 4.03. The van der Waals surface area contributed by atoms with Gasteiger partial charge in [0.1, 0.15) is 0 Å². The van der Waals surface area contributed by atoms with Crippen molar-refractivity contribution in [1.82, 2.24) is 10.2 Å². The lowest BCUT2D eigenvalue weighted by Crippen LogP contribution is -2.37. The number of para-hydroxylation sites is 1. The van der Waals surface area contributed by atoms with Gasteiger partial charge in [0.2, 0.25) is 11.8 Å². The first-order valence-corrected chi connectivity index (χ1v) is 9.66. The molecule has 2 aliphatic heterocycles. The first-order valence-electron chi connectivity index (χ1n) is 9.66. The van der Waals surface area contributed by atoms with E-state index in [0.29, 0.717) is 6.54 Å².